The number of piperazine rings is 1. The van der Waals surface area contributed by atoms with Crippen LogP contribution < -0.4 is 15.6 Å². The Labute approximate surface area is 134 Å². The van der Waals surface area contributed by atoms with Crippen LogP contribution in [0.1, 0.15) is 6.42 Å². The minimum Gasteiger partial charge on any atom is -0.335 e. The summed E-state index contributed by atoms with van der Waals surface area (Å²) in [6.45, 7) is 3.74. The summed E-state index contributed by atoms with van der Waals surface area (Å²) in [5.74, 6) is -0.187. The maximum Gasteiger partial charge on any atom is 0.238 e. The van der Waals surface area contributed by atoms with Crippen molar-refractivity contribution in [2.75, 3.05) is 38.5 Å². The number of fused-ring (bicyclic) bond motifs is 1. The number of hydrogen-bond acceptors (Lipinski definition) is 4. The normalized spacial score (nSPS) is 22.8. The van der Waals surface area contributed by atoms with E-state index >= 15 is 0 Å². The van der Waals surface area contributed by atoms with Gasteiger partial charge in [-0.05, 0) is 12.1 Å². The third-order valence-corrected chi connectivity index (χ3v) is 5.25. The molecular weight excluding hydrogens is 300 g/mol. The Morgan fingerprint density at radius 3 is 2.91 bits per heavy atom. The SMILES string of the molecule is C[NH+]1CCN(NC(=O)C[C@H]2Sc3ccccc3NC2=O)CC1. The predicted octanol–water partition coefficient (Wildman–Crippen LogP) is -0.649. The number of quaternary nitrogens is 1. The van der Waals surface area contributed by atoms with Crippen molar-refractivity contribution >= 4 is 29.3 Å². The standard InChI is InChI=1S/C15H20N4O2S/c1-18-6-8-19(9-7-18)17-14(20)10-13-15(21)16-11-4-2-3-5-12(11)22-13/h2-5,13H,6-10H2,1H3,(H,16,21)(H,17,20)/p+1/t13-/m1/s1. The monoisotopic (exact) mass is 321 g/mol. The number of hydrogen-bond donors (Lipinski definition) is 3. The van der Waals surface area contributed by atoms with Gasteiger partial charge in [-0.25, -0.2) is 5.01 Å². The molecule has 3 N–H and O–H groups in total. The molecule has 2 amide bonds. The maximum atomic E-state index is 12.2. The van der Waals surface area contributed by atoms with E-state index in [1.54, 1.807) is 0 Å². The van der Waals surface area contributed by atoms with E-state index in [2.05, 4.69) is 17.8 Å². The van der Waals surface area contributed by atoms with Gasteiger partial charge in [-0.2, -0.15) is 0 Å². The number of anilines is 1. The van der Waals surface area contributed by atoms with Crippen LogP contribution in [-0.4, -0.2) is 55.3 Å². The van der Waals surface area contributed by atoms with Gasteiger partial charge in [0, 0.05) is 11.3 Å². The van der Waals surface area contributed by atoms with E-state index in [1.807, 2.05) is 29.3 Å². The fraction of sp³-hybridized carbons (Fsp3) is 0.467. The zero-order chi connectivity index (χ0) is 15.5. The summed E-state index contributed by atoms with van der Waals surface area (Å²) in [6, 6.07) is 7.67. The molecule has 1 fully saturated rings. The Kier molecular flexibility index (Phi) is 4.66. The van der Waals surface area contributed by atoms with Gasteiger partial charge in [0.1, 0.15) is 0 Å². The lowest BCUT2D eigenvalue weighted by Crippen LogP contribution is -3.12. The number of nitrogens with zero attached hydrogens (tertiary/aromatic N) is 1. The smallest absolute Gasteiger partial charge is 0.238 e. The van der Waals surface area contributed by atoms with Crippen LogP contribution in [0.4, 0.5) is 5.69 Å². The number of benzene rings is 1. The Morgan fingerprint density at radius 2 is 2.14 bits per heavy atom. The first-order valence-corrected chi connectivity index (χ1v) is 8.42. The zero-order valence-corrected chi connectivity index (χ0v) is 13.4. The molecule has 2 aliphatic heterocycles. The van der Waals surface area contributed by atoms with Crippen LogP contribution in [0.25, 0.3) is 0 Å². The molecule has 0 bridgehead atoms. The number of hydrazine groups is 1. The fourth-order valence-electron chi connectivity index (χ4n) is 2.62. The van der Waals surface area contributed by atoms with E-state index in [0.29, 0.717) is 0 Å². The summed E-state index contributed by atoms with van der Waals surface area (Å²) in [5.41, 5.74) is 3.75. The fourth-order valence-corrected chi connectivity index (χ4v) is 3.73. The van der Waals surface area contributed by atoms with E-state index in [1.165, 1.54) is 16.7 Å². The summed E-state index contributed by atoms with van der Waals surface area (Å²) in [5, 5.41) is 4.45. The van der Waals surface area contributed by atoms with E-state index in [0.717, 1.165) is 36.8 Å². The molecule has 1 saturated heterocycles. The van der Waals surface area contributed by atoms with Gasteiger partial charge in [-0.3, -0.25) is 15.0 Å². The molecule has 3 rings (SSSR count). The Morgan fingerprint density at radius 1 is 1.41 bits per heavy atom. The van der Waals surface area contributed by atoms with Gasteiger partial charge in [0.05, 0.1) is 44.2 Å². The van der Waals surface area contributed by atoms with Gasteiger partial charge >= 0.3 is 0 Å². The third kappa shape index (κ3) is 3.60. The van der Waals surface area contributed by atoms with Crippen molar-refractivity contribution in [3.63, 3.8) is 0 Å². The molecule has 1 atom stereocenters. The van der Waals surface area contributed by atoms with Crippen molar-refractivity contribution in [1.82, 2.24) is 10.4 Å². The lowest BCUT2D eigenvalue weighted by molar-refractivity contribution is -0.884. The zero-order valence-electron chi connectivity index (χ0n) is 12.6. The van der Waals surface area contributed by atoms with Crippen molar-refractivity contribution in [1.29, 1.82) is 0 Å². The molecule has 22 heavy (non-hydrogen) atoms. The van der Waals surface area contributed by atoms with Gasteiger partial charge in [-0.15, -0.1) is 11.8 Å². The second-order valence-corrected chi connectivity index (χ2v) is 7.02. The number of para-hydroxylation sites is 1. The van der Waals surface area contributed by atoms with E-state index < -0.39 is 0 Å². The molecule has 0 spiro atoms. The van der Waals surface area contributed by atoms with Gasteiger partial charge in [0.25, 0.3) is 0 Å². The highest BCUT2D eigenvalue weighted by atomic mass is 32.2. The molecule has 2 heterocycles. The minimum absolute atomic E-state index is 0.0911. The summed E-state index contributed by atoms with van der Waals surface area (Å²) in [4.78, 5) is 26.8. The minimum atomic E-state index is -0.368. The summed E-state index contributed by atoms with van der Waals surface area (Å²) >= 11 is 1.46. The predicted molar refractivity (Wildman–Crippen MR) is 85.7 cm³/mol. The second-order valence-electron chi connectivity index (χ2n) is 5.78. The molecule has 0 aromatic heterocycles. The number of thioether (sulfide) groups is 1. The van der Waals surface area contributed by atoms with Crippen LogP contribution in [0.2, 0.25) is 0 Å². The summed E-state index contributed by atoms with van der Waals surface area (Å²) in [7, 11) is 2.15. The van der Waals surface area contributed by atoms with E-state index in [9.17, 15) is 9.59 Å². The van der Waals surface area contributed by atoms with Crippen molar-refractivity contribution in [2.45, 2.75) is 16.6 Å². The topological polar surface area (TPSA) is 65.9 Å². The molecule has 0 radical (unpaired) electrons. The van der Waals surface area contributed by atoms with Crippen molar-refractivity contribution in [3.05, 3.63) is 24.3 Å². The van der Waals surface area contributed by atoms with E-state index in [4.69, 9.17) is 0 Å². The number of likely N-dealkylation sites (N-methyl/N-ethyl adjacent to an activating group) is 1. The lowest BCUT2D eigenvalue weighted by Gasteiger charge is -2.30. The van der Waals surface area contributed by atoms with Crippen LogP contribution in [-0.2, 0) is 9.59 Å². The average molecular weight is 321 g/mol. The Balaban J connectivity index is 1.54. The van der Waals surface area contributed by atoms with Crippen LogP contribution in [0.5, 0.6) is 0 Å². The first-order valence-electron chi connectivity index (χ1n) is 7.54. The quantitative estimate of drug-likeness (QED) is 0.692. The van der Waals surface area contributed by atoms with Crippen molar-refractivity contribution in [2.24, 2.45) is 0 Å². The first kappa shape index (κ1) is 15.3. The highest BCUT2D eigenvalue weighted by molar-refractivity contribution is 8.01. The van der Waals surface area contributed by atoms with Gasteiger partial charge in [-0.1, -0.05) is 12.1 Å². The Bertz CT molecular complexity index is 572. The van der Waals surface area contributed by atoms with E-state index in [-0.39, 0.29) is 23.5 Å². The Hall–Kier alpha value is -1.57. The molecule has 118 valence electrons. The van der Waals surface area contributed by atoms with Crippen LogP contribution in [0, 0.1) is 0 Å². The molecule has 0 aliphatic carbocycles. The first-order chi connectivity index (χ1) is 10.6. The van der Waals surface area contributed by atoms with Gasteiger partial charge in [0.2, 0.25) is 11.8 Å². The lowest BCUT2D eigenvalue weighted by atomic mass is 10.2. The summed E-state index contributed by atoms with van der Waals surface area (Å²) in [6.07, 6.45) is 0.198. The molecule has 7 heteroatoms. The molecule has 6 nitrogen and oxygen atoms in total. The van der Waals surface area contributed by atoms with Crippen LogP contribution in [0.3, 0.4) is 0 Å². The number of nitrogens with one attached hydrogen (secondary N) is 3. The largest absolute Gasteiger partial charge is 0.335 e. The van der Waals surface area contributed by atoms with Crippen molar-refractivity contribution < 1.29 is 14.5 Å². The van der Waals surface area contributed by atoms with Crippen molar-refractivity contribution in [3.8, 4) is 0 Å². The molecule has 1 aromatic rings. The molecule has 1 aromatic carbocycles. The number of rotatable bonds is 3. The highest BCUT2D eigenvalue weighted by Gasteiger charge is 2.29. The third-order valence-electron chi connectivity index (χ3n) is 3.98. The molecule has 0 saturated carbocycles. The van der Waals surface area contributed by atoms with Crippen LogP contribution in [0.15, 0.2) is 29.2 Å². The second kappa shape index (κ2) is 6.68. The van der Waals surface area contributed by atoms with Gasteiger partial charge in [0.15, 0.2) is 0 Å². The molecule has 2 aliphatic rings. The molecule has 0 unspecified atom stereocenters. The summed E-state index contributed by atoms with van der Waals surface area (Å²) < 4.78 is 0. The highest BCUT2D eigenvalue weighted by Crippen LogP contribution is 2.36. The molecular formula is C15H21N4O2S+. The number of carbonyl (C=O) groups is 2. The number of carbonyl (C=O) groups excluding carboxylic acids is 2. The average Bonchev–Trinajstić information content (AvgIpc) is 2.50. The van der Waals surface area contributed by atoms with Crippen LogP contribution >= 0.6 is 11.8 Å². The van der Waals surface area contributed by atoms with Gasteiger partial charge < -0.3 is 10.2 Å². The maximum absolute atomic E-state index is 12.2. The number of amides is 2.